The molecule has 148 valence electrons. The average molecular weight is 374 g/mol. The molecule has 1 amide bonds. The number of esters is 1. The quantitative estimate of drug-likeness (QED) is 0.797. The third kappa shape index (κ3) is 6.19. The van der Waals surface area contributed by atoms with E-state index in [1.165, 1.54) is 19.3 Å². The van der Waals surface area contributed by atoms with Crippen molar-refractivity contribution >= 4 is 17.8 Å². The fourth-order valence-corrected chi connectivity index (χ4v) is 3.93. The van der Waals surface area contributed by atoms with Crippen molar-refractivity contribution in [2.24, 2.45) is 5.92 Å². The van der Waals surface area contributed by atoms with Crippen LogP contribution in [-0.2, 0) is 14.3 Å². The summed E-state index contributed by atoms with van der Waals surface area (Å²) in [6, 6.07) is 1.99. The van der Waals surface area contributed by atoms with E-state index >= 15 is 0 Å². The van der Waals surface area contributed by atoms with Crippen molar-refractivity contribution in [2.75, 3.05) is 24.6 Å². The zero-order valence-electron chi connectivity index (χ0n) is 15.9. The molecule has 0 radical (unpaired) electrons. The lowest BCUT2D eigenvalue weighted by Gasteiger charge is -2.31. The molecule has 0 bridgehead atoms. The van der Waals surface area contributed by atoms with Crippen molar-refractivity contribution in [3.8, 4) is 0 Å². The number of anilines is 1. The SMILES string of the molecule is O=C(COC(=O)C1CCCN(c2ncccn2)C1)NC1CCCCCCC1. The molecule has 0 spiro atoms. The molecule has 1 unspecified atom stereocenters. The summed E-state index contributed by atoms with van der Waals surface area (Å²) in [5.74, 6) is -0.0924. The standard InChI is InChI=1S/C20H30N4O3/c25-18(23-17-9-4-2-1-3-5-10-17)15-27-19(26)16-8-6-13-24(14-16)20-21-11-7-12-22-20/h7,11-12,16-17H,1-6,8-10,13-15H2,(H,23,25). The first kappa shape index (κ1) is 19.6. The van der Waals surface area contributed by atoms with Crippen LogP contribution in [0.25, 0.3) is 0 Å². The normalized spacial score (nSPS) is 21.8. The van der Waals surface area contributed by atoms with Crippen molar-refractivity contribution < 1.29 is 14.3 Å². The Kier molecular flexibility index (Phi) is 7.42. The van der Waals surface area contributed by atoms with Gasteiger partial charge in [0.2, 0.25) is 5.95 Å². The first-order valence-electron chi connectivity index (χ1n) is 10.2. The van der Waals surface area contributed by atoms with E-state index in [0.717, 1.165) is 45.1 Å². The summed E-state index contributed by atoms with van der Waals surface area (Å²) >= 11 is 0. The zero-order valence-corrected chi connectivity index (χ0v) is 15.9. The van der Waals surface area contributed by atoms with Gasteiger partial charge in [0.25, 0.3) is 5.91 Å². The topological polar surface area (TPSA) is 84.4 Å². The minimum atomic E-state index is -0.302. The van der Waals surface area contributed by atoms with Crippen LogP contribution in [-0.4, -0.2) is 47.6 Å². The fourth-order valence-electron chi connectivity index (χ4n) is 3.93. The number of amides is 1. The summed E-state index contributed by atoms with van der Waals surface area (Å²) in [4.78, 5) is 35.1. The fraction of sp³-hybridized carbons (Fsp3) is 0.700. The van der Waals surface area contributed by atoms with Crippen LogP contribution < -0.4 is 10.2 Å². The molecule has 1 saturated heterocycles. The van der Waals surface area contributed by atoms with E-state index in [4.69, 9.17) is 4.74 Å². The first-order valence-corrected chi connectivity index (χ1v) is 10.2. The Morgan fingerprint density at radius 1 is 1.04 bits per heavy atom. The number of aromatic nitrogens is 2. The van der Waals surface area contributed by atoms with Gasteiger partial charge in [-0.15, -0.1) is 0 Å². The van der Waals surface area contributed by atoms with Crippen LogP contribution in [0.4, 0.5) is 5.95 Å². The Bertz CT molecular complexity index is 603. The highest BCUT2D eigenvalue weighted by Crippen LogP contribution is 2.21. The number of rotatable bonds is 5. The third-order valence-electron chi connectivity index (χ3n) is 5.41. The molecule has 2 aliphatic rings. The monoisotopic (exact) mass is 374 g/mol. The van der Waals surface area contributed by atoms with E-state index in [1.807, 2.05) is 4.90 Å². The summed E-state index contributed by atoms with van der Waals surface area (Å²) in [5.41, 5.74) is 0. The summed E-state index contributed by atoms with van der Waals surface area (Å²) in [5, 5.41) is 3.03. The Morgan fingerprint density at radius 3 is 2.48 bits per heavy atom. The molecular weight excluding hydrogens is 344 g/mol. The Labute approximate surface area is 160 Å². The number of piperidine rings is 1. The van der Waals surface area contributed by atoms with E-state index in [0.29, 0.717) is 12.5 Å². The van der Waals surface area contributed by atoms with Crippen LogP contribution in [0.5, 0.6) is 0 Å². The van der Waals surface area contributed by atoms with Gasteiger partial charge in [-0.2, -0.15) is 0 Å². The van der Waals surface area contributed by atoms with Gasteiger partial charge in [-0.3, -0.25) is 9.59 Å². The minimum absolute atomic E-state index is 0.187. The molecule has 1 aromatic heterocycles. The number of nitrogens with one attached hydrogen (secondary N) is 1. The van der Waals surface area contributed by atoms with E-state index in [9.17, 15) is 9.59 Å². The predicted molar refractivity (Wildman–Crippen MR) is 102 cm³/mol. The molecule has 1 atom stereocenters. The smallest absolute Gasteiger partial charge is 0.311 e. The molecule has 7 nitrogen and oxygen atoms in total. The number of ether oxygens (including phenoxy) is 1. The maximum Gasteiger partial charge on any atom is 0.311 e. The summed E-state index contributed by atoms with van der Waals surface area (Å²) in [6.07, 6.45) is 13.2. The van der Waals surface area contributed by atoms with Gasteiger partial charge in [-0.05, 0) is 31.7 Å². The molecule has 2 fully saturated rings. The second kappa shape index (κ2) is 10.2. The summed E-state index contributed by atoms with van der Waals surface area (Å²) < 4.78 is 5.31. The van der Waals surface area contributed by atoms with E-state index < -0.39 is 0 Å². The highest BCUT2D eigenvalue weighted by molar-refractivity contribution is 5.81. The van der Waals surface area contributed by atoms with Crippen LogP contribution in [0.2, 0.25) is 0 Å². The molecule has 2 heterocycles. The van der Waals surface area contributed by atoms with E-state index in [1.54, 1.807) is 18.5 Å². The molecule has 27 heavy (non-hydrogen) atoms. The van der Waals surface area contributed by atoms with Crippen LogP contribution in [0.3, 0.4) is 0 Å². The molecule has 7 heteroatoms. The maximum absolute atomic E-state index is 12.4. The summed E-state index contributed by atoms with van der Waals surface area (Å²) in [7, 11) is 0. The van der Waals surface area contributed by atoms with Gasteiger partial charge in [0.15, 0.2) is 6.61 Å². The van der Waals surface area contributed by atoms with Gasteiger partial charge in [-0.25, -0.2) is 9.97 Å². The van der Waals surface area contributed by atoms with Gasteiger partial charge >= 0.3 is 5.97 Å². The highest BCUT2D eigenvalue weighted by atomic mass is 16.5. The number of hydrogen-bond acceptors (Lipinski definition) is 6. The lowest BCUT2D eigenvalue weighted by Crippen LogP contribution is -2.42. The molecule has 3 rings (SSSR count). The lowest BCUT2D eigenvalue weighted by molar-refractivity contribution is -0.153. The van der Waals surface area contributed by atoms with Gasteiger partial charge in [0.1, 0.15) is 0 Å². The summed E-state index contributed by atoms with van der Waals surface area (Å²) in [6.45, 7) is 1.18. The second-order valence-electron chi connectivity index (χ2n) is 7.55. The van der Waals surface area contributed by atoms with Gasteiger partial charge < -0.3 is 15.0 Å². The van der Waals surface area contributed by atoms with Crippen LogP contribution in [0.1, 0.15) is 57.8 Å². The van der Waals surface area contributed by atoms with Crippen LogP contribution in [0.15, 0.2) is 18.5 Å². The van der Waals surface area contributed by atoms with Crippen molar-refractivity contribution in [1.82, 2.24) is 15.3 Å². The molecule has 1 saturated carbocycles. The Hall–Kier alpha value is -2.18. The Morgan fingerprint density at radius 2 is 1.74 bits per heavy atom. The van der Waals surface area contributed by atoms with Gasteiger partial charge in [0, 0.05) is 31.5 Å². The number of carbonyl (C=O) groups is 2. The van der Waals surface area contributed by atoms with Crippen molar-refractivity contribution in [2.45, 2.75) is 63.8 Å². The van der Waals surface area contributed by atoms with Crippen molar-refractivity contribution in [1.29, 1.82) is 0 Å². The first-order chi connectivity index (χ1) is 13.2. The van der Waals surface area contributed by atoms with E-state index in [2.05, 4.69) is 15.3 Å². The van der Waals surface area contributed by atoms with Gasteiger partial charge in [0.05, 0.1) is 5.92 Å². The zero-order chi connectivity index (χ0) is 18.9. The molecule has 1 aromatic rings. The Balaban J connectivity index is 1.42. The maximum atomic E-state index is 12.4. The molecule has 1 aliphatic carbocycles. The lowest BCUT2D eigenvalue weighted by atomic mass is 9.97. The van der Waals surface area contributed by atoms with E-state index in [-0.39, 0.29) is 30.4 Å². The number of hydrogen-bond donors (Lipinski definition) is 1. The van der Waals surface area contributed by atoms with Gasteiger partial charge in [-0.1, -0.05) is 32.1 Å². The highest BCUT2D eigenvalue weighted by Gasteiger charge is 2.28. The number of carbonyl (C=O) groups excluding carboxylic acids is 2. The van der Waals surface area contributed by atoms with Crippen LogP contribution in [0, 0.1) is 5.92 Å². The third-order valence-corrected chi connectivity index (χ3v) is 5.41. The number of nitrogens with zero attached hydrogens (tertiary/aromatic N) is 3. The van der Waals surface area contributed by atoms with Crippen molar-refractivity contribution in [3.63, 3.8) is 0 Å². The molecular formula is C20H30N4O3. The molecule has 1 aliphatic heterocycles. The second-order valence-corrected chi connectivity index (χ2v) is 7.55. The largest absolute Gasteiger partial charge is 0.455 e. The minimum Gasteiger partial charge on any atom is -0.455 e. The molecule has 0 aromatic carbocycles. The van der Waals surface area contributed by atoms with Crippen LogP contribution >= 0.6 is 0 Å². The molecule has 1 N–H and O–H groups in total. The predicted octanol–water partition coefficient (Wildman–Crippen LogP) is 2.47. The average Bonchev–Trinajstić information content (AvgIpc) is 2.69. The van der Waals surface area contributed by atoms with Crippen molar-refractivity contribution in [3.05, 3.63) is 18.5 Å².